The summed E-state index contributed by atoms with van der Waals surface area (Å²) in [5.41, 5.74) is 2.18. The molecule has 0 saturated carbocycles. The van der Waals surface area contributed by atoms with Gasteiger partial charge in [-0.05, 0) is 18.2 Å². The van der Waals surface area contributed by atoms with E-state index in [1.165, 1.54) is 0 Å². The molecule has 80 valence electrons. The molecule has 16 heavy (non-hydrogen) atoms. The molecule has 0 bridgehead atoms. The number of rotatable bonds is 2. The predicted molar refractivity (Wildman–Crippen MR) is 58.7 cm³/mol. The minimum atomic E-state index is 0.353. The minimum Gasteiger partial charge on any atom is -0.493 e. The summed E-state index contributed by atoms with van der Waals surface area (Å²) < 4.78 is 10.9. The normalized spacial score (nSPS) is 13.2. The smallest absolute Gasteiger partial charge is 0.185 e. The maximum atomic E-state index is 10.6. The molecule has 3 nitrogen and oxygen atoms in total. The van der Waals surface area contributed by atoms with Crippen molar-refractivity contribution in [2.75, 3.05) is 6.61 Å². The molecule has 1 aliphatic heterocycles. The van der Waals surface area contributed by atoms with Gasteiger partial charge in [-0.1, -0.05) is 12.1 Å². The second-order valence-electron chi connectivity index (χ2n) is 3.70. The van der Waals surface area contributed by atoms with Crippen molar-refractivity contribution in [2.24, 2.45) is 0 Å². The first-order valence-corrected chi connectivity index (χ1v) is 5.18. The summed E-state index contributed by atoms with van der Waals surface area (Å²) >= 11 is 0. The molecule has 0 unspecified atom stereocenters. The van der Waals surface area contributed by atoms with Crippen molar-refractivity contribution < 1.29 is 13.9 Å². The van der Waals surface area contributed by atoms with Gasteiger partial charge in [0.1, 0.15) is 11.5 Å². The zero-order chi connectivity index (χ0) is 11.0. The van der Waals surface area contributed by atoms with Gasteiger partial charge in [0.25, 0.3) is 0 Å². The molecule has 3 heteroatoms. The Hall–Kier alpha value is -2.03. The van der Waals surface area contributed by atoms with Gasteiger partial charge in [-0.25, -0.2) is 0 Å². The molecular weight excluding hydrogens is 204 g/mol. The lowest BCUT2D eigenvalue weighted by molar-refractivity contribution is 0.110. The quantitative estimate of drug-likeness (QED) is 0.721. The molecule has 3 rings (SSSR count). The first-order valence-electron chi connectivity index (χ1n) is 5.18. The molecule has 0 N–H and O–H groups in total. The van der Waals surface area contributed by atoms with E-state index in [9.17, 15) is 4.79 Å². The van der Waals surface area contributed by atoms with Crippen molar-refractivity contribution in [1.29, 1.82) is 0 Å². The van der Waals surface area contributed by atoms with E-state index in [-0.39, 0.29) is 0 Å². The van der Waals surface area contributed by atoms with Crippen LogP contribution in [0, 0.1) is 0 Å². The largest absolute Gasteiger partial charge is 0.493 e. The lowest BCUT2D eigenvalue weighted by Crippen LogP contribution is -1.86. The highest BCUT2D eigenvalue weighted by Gasteiger charge is 2.18. The van der Waals surface area contributed by atoms with Crippen LogP contribution < -0.4 is 4.74 Å². The number of hydrogen-bond donors (Lipinski definition) is 0. The fourth-order valence-electron chi connectivity index (χ4n) is 2.01. The van der Waals surface area contributed by atoms with Crippen molar-refractivity contribution >= 4 is 6.29 Å². The van der Waals surface area contributed by atoms with E-state index in [0.717, 1.165) is 29.1 Å². The van der Waals surface area contributed by atoms with E-state index < -0.39 is 0 Å². The predicted octanol–water partition coefficient (Wildman–Crippen LogP) is 2.69. The molecule has 0 saturated heterocycles. The Morgan fingerprint density at radius 1 is 1.19 bits per heavy atom. The van der Waals surface area contributed by atoms with Crippen molar-refractivity contribution in [1.82, 2.24) is 0 Å². The second-order valence-corrected chi connectivity index (χ2v) is 3.70. The molecule has 1 aromatic carbocycles. The summed E-state index contributed by atoms with van der Waals surface area (Å²) in [6.07, 6.45) is 1.60. The van der Waals surface area contributed by atoms with Crippen LogP contribution in [0.1, 0.15) is 16.1 Å². The Morgan fingerprint density at radius 3 is 2.94 bits per heavy atom. The van der Waals surface area contributed by atoms with Crippen molar-refractivity contribution in [3.05, 3.63) is 41.7 Å². The first kappa shape index (κ1) is 9.21. The average Bonchev–Trinajstić information content (AvgIpc) is 2.97. The third-order valence-corrected chi connectivity index (χ3v) is 2.75. The van der Waals surface area contributed by atoms with Crippen LogP contribution in [0.15, 0.2) is 34.7 Å². The Kier molecular flexibility index (Phi) is 2.03. The summed E-state index contributed by atoms with van der Waals surface area (Å²) in [4.78, 5) is 10.6. The molecule has 0 aliphatic carbocycles. The number of furan rings is 1. The van der Waals surface area contributed by atoms with E-state index in [0.29, 0.717) is 18.7 Å². The van der Waals surface area contributed by atoms with Crippen molar-refractivity contribution in [3.8, 4) is 17.1 Å². The van der Waals surface area contributed by atoms with Crippen LogP contribution in [0.2, 0.25) is 0 Å². The summed E-state index contributed by atoms with van der Waals surface area (Å²) in [6, 6.07) is 9.37. The molecule has 0 radical (unpaired) electrons. The van der Waals surface area contributed by atoms with Crippen LogP contribution >= 0.6 is 0 Å². The average molecular weight is 214 g/mol. The Balaban J connectivity index is 2.13. The highest BCUT2D eigenvalue weighted by atomic mass is 16.5. The van der Waals surface area contributed by atoms with Gasteiger partial charge in [-0.2, -0.15) is 0 Å². The van der Waals surface area contributed by atoms with Gasteiger partial charge < -0.3 is 9.15 Å². The number of carbonyl (C=O) groups excluding carboxylic acids is 1. The van der Waals surface area contributed by atoms with Crippen LogP contribution in [0.5, 0.6) is 5.75 Å². The van der Waals surface area contributed by atoms with Gasteiger partial charge in [0.2, 0.25) is 0 Å². The number of fused-ring (bicyclic) bond motifs is 1. The maximum Gasteiger partial charge on any atom is 0.185 e. The van der Waals surface area contributed by atoms with Gasteiger partial charge in [0.15, 0.2) is 12.0 Å². The van der Waals surface area contributed by atoms with Crippen LogP contribution in [0.4, 0.5) is 0 Å². The summed E-state index contributed by atoms with van der Waals surface area (Å²) in [7, 11) is 0. The third-order valence-electron chi connectivity index (χ3n) is 2.75. The van der Waals surface area contributed by atoms with Crippen LogP contribution in [-0.4, -0.2) is 12.9 Å². The van der Waals surface area contributed by atoms with Crippen molar-refractivity contribution in [3.63, 3.8) is 0 Å². The molecule has 1 aliphatic rings. The zero-order valence-electron chi connectivity index (χ0n) is 8.60. The number of benzene rings is 1. The summed E-state index contributed by atoms with van der Waals surface area (Å²) in [5, 5.41) is 0. The van der Waals surface area contributed by atoms with Gasteiger partial charge >= 0.3 is 0 Å². The highest BCUT2D eigenvalue weighted by Crippen LogP contribution is 2.35. The molecule has 0 fully saturated rings. The first-order chi connectivity index (χ1) is 7.88. The van der Waals surface area contributed by atoms with Crippen LogP contribution in [0.3, 0.4) is 0 Å². The van der Waals surface area contributed by atoms with Gasteiger partial charge in [0, 0.05) is 17.5 Å². The fourth-order valence-corrected chi connectivity index (χ4v) is 2.01. The fraction of sp³-hybridized carbons (Fsp3) is 0.154. The van der Waals surface area contributed by atoms with Crippen molar-refractivity contribution in [2.45, 2.75) is 6.42 Å². The van der Waals surface area contributed by atoms with E-state index in [2.05, 4.69) is 0 Å². The minimum absolute atomic E-state index is 0.353. The topological polar surface area (TPSA) is 39.4 Å². The second kappa shape index (κ2) is 3.52. The number of aldehydes is 1. The lowest BCUT2D eigenvalue weighted by Gasteiger charge is -2.03. The number of ether oxygens (including phenoxy) is 1. The number of hydrogen-bond acceptors (Lipinski definition) is 3. The molecule has 0 atom stereocenters. The Labute approximate surface area is 92.6 Å². The molecule has 0 amide bonds. The SMILES string of the molecule is O=Cc1ccc(-c2cccc3c2CCO3)o1. The van der Waals surface area contributed by atoms with E-state index >= 15 is 0 Å². The van der Waals surface area contributed by atoms with Crippen LogP contribution in [-0.2, 0) is 6.42 Å². The van der Waals surface area contributed by atoms with Gasteiger partial charge in [0.05, 0.1) is 6.61 Å². The Bertz CT molecular complexity index is 540. The van der Waals surface area contributed by atoms with Gasteiger partial charge in [-0.3, -0.25) is 4.79 Å². The molecule has 2 aromatic rings. The van der Waals surface area contributed by atoms with E-state index in [1.54, 1.807) is 6.07 Å². The molecule has 2 heterocycles. The van der Waals surface area contributed by atoms with Gasteiger partial charge in [-0.15, -0.1) is 0 Å². The van der Waals surface area contributed by atoms with Crippen LogP contribution in [0.25, 0.3) is 11.3 Å². The third kappa shape index (κ3) is 1.33. The Morgan fingerprint density at radius 2 is 2.12 bits per heavy atom. The zero-order valence-corrected chi connectivity index (χ0v) is 8.60. The van der Waals surface area contributed by atoms with E-state index in [1.807, 2.05) is 24.3 Å². The molecular formula is C13H10O3. The maximum absolute atomic E-state index is 10.6. The summed E-state index contributed by atoms with van der Waals surface area (Å²) in [5.74, 6) is 2.00. The molecule has 0 spiro atoms. The highest BCUT2D eigenvalue weighted by molar-refractivity contribution is 5.74. The number of carbonyl (C=O) groups is 1. The lowest BCUT2D eigenvalue weighted by atomic mass is 10.0. The summed E-state index contributed by atoms with van der Waals surface area (Å²) in [6.45, 7) is 0.716. The monoisotopic (exact) mass is 214 g/mol. The van der Waals surface area contributed by atoms with E-state index in [4.69, 9.17) is 9.15 Å². The standard InChI is InChI=1S/C13H10O3/c14-8-9-4-5-13(16-9)10-2-1-3-12-11(10)6-7-15-12/h1-5,8H,6-7H2. The molecule has 1 aromatic heterocycles.